The zero-order valence-corrected chi connectivity index (χ0v) is 14.0. The zero-order valence-electron chi connectivity index (χ0n) is 14.0. The third-order valence-corrected chi connectivity index (χ3v) is 5.40. The monoisotopic (exact) mass is 321 g/mol. The minimum Gasteiger partial charge on any atom is -0.508 e. The van der Waals surface area contributed by atoms with Gasteiger partial charge in [-0.1, -0.05) is 44.2 Å². The highest BCUT2D eigenvalue weighted by molar-refractivity contribution is 5.65. The Balaban J connectivity index is 1.84. The zero-order chi connectivity index (χ0) is 16.8. The lowest BCUT2D eigenvalue weighted by molar-refractivity contribution is 0.397. The molecule has 3 atom stereocenters. The van der Waals surface area contributed by atoms with Crippen LogP contribution in [0.4, 0.5) is 5.69 Å². The minimum atomic E-state index is 0.0398. The summed E-state index contributed by atoms with van der Waals surface area (Å²) >= 11 is 0. The van der Waals surface area contributed by atoms with E-state index in [-0.39, 0.29) is 17.5 Å². The smallest absolute Gasteiger partial charge is 0.124 e. The van der Waals surface area contributed by atoms with Crippen molar-refractivity contribution in [1.29, 1.82) is 0 Å². The second-order valence-corrected chi connectivity index (χ2v) is 7.18. The van der Waals surface area contributed by atoms with Gasteiger partial charge in [0.1, 0.15) is 11.5 Å². The molecule has 0 aromatic heterocycles. The topological polar surface area (TPSA) is 52.5 Å². The molecule has 1 aliphatic carbocycles. The molecule has 0 fully saturated rings. The van der Waals surface area contributed by atoms with Crippen molar-refractivity contribution in [2.75, 3.05) is 5.32 Å². The van der Waals surface area contributed by atoms with Gasteiger partial charge in [-0.2, -0.15) is 0 Å². The Hall–Kier alpha value is -2.42. The van der Waals surface area contributed by atoms with Crippen LogP contribution >= 0.6 is 0 Å². The number of hydrogen-bond acceptors (Lipinski definition) is 3. The first-order valence-corrected chi connectivity index (χ1v) is 8.64. The second-order valence-electron chi connectivity index (χ2n) is 7.18. The lowest BCUT2D eigenvalue weighted by atomic mass is 9.75. The van der Waals surface area contributed by atoms with E-state index >= 15 is 0 Å². The number of benzene rings is 2. The van der Waals surface area contributed by atoms with Crippen molar-refractivity contribution < 1.29 is 10.2 Å². The lowest BCUT2D eigenvalue weighted by Crippen LogP contribution is -2.30. The fourth-order valence-corrected chi connectivity index (χ4v) is 4.23. The first-order chi connectivity index (χ1) is 11.6. The molecular formula is C21H23NO2. The molecule has 0 radical (unpaired) electrons. The second kappa shape index (κ2) is 5.59. The maximum absolute atomic E-state index is 10.4. The molecular weight excluding hydrogens is 298 g/mol. The van der Waals surface area contributed by atoms with Gasteiger partial charge in [0.2, 0.25) is 0 Å². The van der Waals surface area contributed by atoms with Crippen molar-refractivity contribution in [3.63, 3.8) is 0 Å². The molecule has 3 nitrogen and oxygen atoms in total. The number of fused-ring (bicyclic) bond motifs is 3. The summed E-state index contributed by atoms with van der Waals surface area (Å²) in [5.74, 6) is 1.44. The van der Waals surface area contributed by atoms with Gasteiger partial charge >= 0.3 is 0 Å². The van der Waals surface area contributed by atoms with Crippen LogP contribution < -0.4 is 5.32 Å². The fourth-order valence-electron chi connectivity index (χ4n) is 4.23. The van der Waals surface area contributed by atoms with Crippen LogP contribution in [-0.2, 0) is 0 Å². The van der Waals surface area contributed by atoms with Gasteiger partial charge in [-0.05, 0) is 41.5 Å². The SMILES string of the molecule is CC(C)c1cccc2c1NC(c1ccc(O)cc1O)C1CC=CC21. The Morgan fingerprint density at radius 3 is 2.67 bits per heavy atom. The van der Waals surface area contributed by atoms with Gasteiger partial charge in [0.15, 0.2) is 0 Å². The summed E-state index contributed by atoms with van der Waals surface area (Å²) in [7, 11) is 0. The molecule has 0 saturated heterocycles. The molecule has 124 valence electrons. The molecule has 0 amide bonds. The maximum Gasteiger partial charge on any atom is 0.124 e. The van der Waals surface area contributed by atoms with Crippen LogP contribution in [0, 0.1) is 5.92 Å². The first-order valence-electron chi connectivity index (χ1n) is 8.64. The molecule has 0 saturated carbocycles. The van der Waals surface area contributed by atoms with Crippen molar-refractivity contribution >= 4 is 5.69 Å². The van der Waals surface area contributed by atoms with Crippen LogP contribution in [-0.4, -0.2) is 10.2 Å². The summed E-state index contributed by atoms with van der Waals surface area (Å²) in [5.41, 5.74) is 4.73. The summed E-state index contributed by atoms with van der Waals surface area (Å²) in [6.45, 7) is 4.42. The lowest BCUT2D eigenvalue weighted by Gasteiger charge is -2.39. The van der Waals surface area contributed by atoms with Crippen LogP contribution in [0.15, 0.2) is 48.6 Å². The van der Waals surface area contributed by atoms with Gasteiger partial charge in [-0.25, -0.2) is 0 Å². The molecule has 0 spiro atoms. The van der Waals surface area contributed by atoms with E-state index in [2.05, 4.69) is 49.5 Å². The van der Waals surface area contributed by atoms with Crippen LogP contribution in [0.5, 0.6) is 11.5 Å². The Labute approximate surface area is 142 Å². The van der Waals surface area contributed by atoms with E-state index < -0.39 is 0 Å². The number of aromatic hydroxyl groups is 2. The number of allylic oxidation sites excluding steroid dienone is 2. The average molecular weight is 321 g/mol. The van der Waals surface area contributed by atoms with Crippen molar-refractivity contribution in [1.82, 2.24) is 0 Å². The largest absolute Gasteiger partial charge is 0.508 e. The molecule has 1 aliphatic heterocycles. The predicted molar refractivity (Wildman–Crippen MR) is 96.7 cm³/mol. The van der Waals surface area contributed by atoms with Gasteiger partial charge in [-0.3, -0.25) is 0 Å². The van der Waals surface area contributed by atoms with Crippen LogP contribution in [0.1, 0.15) is 54.8 Å². The molecule has 3 N–H and O–H groups in total. The molecule has 4 rings (SSSR count). The standard InChI is InChI=1S/C21H23NO2/c1-12(2)14-5-3-7-16-15-6-4-8-17(15)21(22-20(14)16)18-10-9-13(23)11-19(18)24/h3-7,9-12,15,17,21-24H,8H2,1-2H3. The van der Waals surface area contributed by atoms with Crippen LogP contribution in [0.25, 0.3) is 0 Å². The highest BCUT2D eigenvalue weighted by Crippen LogP contribution is 2.52. The summed E-state index contributed by atoms with van der Waals surface area (Å²) in [6, 6.07) is 11.5. The van der Waals surface area contributed by atoms with Crippen molar-refractivity contribution in [3.8, 4) is 11.5 Å². The molecule has 2 aromatic rings. The van der Waals surface area contributed by atoms with Crippen molar-refractivity contribution in [2.45, 2.75) is 38.1 Å². The molecule has 2 aliphatic rings. The highest BCUT2D eigenvalue weighted by Gasteiger charge is 2.39. The number of phenolic OH excluding ortho intramolecular Hbond substituents is 2. The van der Waals surface area contributed by atoms with Crippen molar-refractivity contribution in [3.05, 3.63) is 65.2 Å². The highest BCUT2D eigenvalue weighted by atomic mass is 16.3. The van der Waals surface area contributed by atoms with E-state index in [4.69, 9.17) is 0 Å². The molecule has 3 heteroatoms. The summed E-state index contributed by atoms with van der Waals surface area (Å²) in [5, 5.41) is 23.7. The molecule has 2 aromatic carbocycles. The third-order valence-electron chi connectivity index (χ3n) is 5.40. The van der Waals surface area contributed by atoms with Gasteiger partial charge < -0.3 is 15.5 Å². The van der Waals surface area contributed by atoms with E-state index in [1.807, 2.05) is 6.07 Å². The molecule has 3 unspecified atom stereocenters. The number of phenols is 2. The Morgan fingerprint density at radius 2 is 1.92 bits per heavy atom. The van der Waals surface area contributed by atoms with Gasteiger partial charge in [-0.15, -0.1) is 0 Å². The number of hydrogen-bond donors (Lipinski definition) is 3. The summed E-state index contributed by atoms with van der Waals surface area (Å²) in [4.78, 5) is 0. The Kier molecular flexibility index (Phi) is 3.52. The van der Waals surface area contributed by atoms with E-state index in [1.165, 1.54) is 22.9 Å². The number of rotatable bonds is 2. The Bertz CT molecular complexity index is 809. The third kappa shape index (κ3) is 2.27. The molecule has 0 bridgehead atoms. The fraction of sp³-hybridized carbons (Fsp3) is 0.333. The minimum absolute atomic E-state index is 0.0398. The van der Waals surface area contributed by atoms with Gasteiger partial charge in [0.05, 0.1) is 6.04 Å². The maximum atomic E-state index is 10.4. The van der Waals surface area contributed by atoms with E-state index in [0.717, 1.165) is 12.0 Å². The number of anilines is 1. The average Bonchev–Trinajstić information content (AvgIpc) is 3.03. The summed E-state index contributed by atoms with van der Waals surface area (Å²) in [6.07, 6.45) is 5.55. The van der Waals surface area contributed by atoms with E-state index in [9.17, 15) is 10.2 Å². The van der Waals surface area contributed by atoms with Gasteiger partial charge in [0, 0.05) is 23.2 Å². The summed E-state index contributed by atoms with van der Waals surface area (Å²) < 4.78 is 0. The quantitative estimate of drug-likeness (QED) is 0.679. The van der Waals surface area contributed by atoms with Gasteiger partial charge in [0.25, 0.3) is 0 Å². The Morgan fingerprint density at radius 1 is 1.08 bits per heavy atom. The number of para-hydroxylation sites is 1. The van der Waals surface area contributed by atoms with E-state index in [1.54, 1.807) is 6.07 Å². The van der Waals surface area contributed by atoms with E-state index in [0.29, 0.717) is 17.8 Å². The van der Waals surface area contributed by atoms with Crippen LogP contribution in [0.2, 0.25) is 0 Å². The van der Waals surface area contributed by atoms with Crippen molar-refractivity contribution in [2.24, 2.45) is 5.92 Å². The first kappa shape index (κ1) is 15.1. The molecule has 1 heterocycles. The normalized spacial score (nSPS) is 24.5. The van der Waals surface area contributed by atoms with Crippen LogP contribution in [0.3, 0.4) is 0 Å². The predicted octanol–water partition coefficient (Wildman–Crippen LogP) is 5.05. The number of nitrogens with one attached hydrogen (secondary N) is 1. The molecule has 24 heavy (non-hydrogen) atoms.